The highest BCUT2D eigenvalue weighted by Crippen LogP contribution is 2.40. The van der Waals surface area contributed by atoms with E-state index in [0.717, 1.165) is 61.6 Å². The van der Waals surface area contributed by atoms with Crippen LogP contribution in [0.5, 0.6) is 0 Å². The van der Waals surface area contributed by atoms with E-state index in [-0.39, 0.29) is 17.6 Å². The summed E-state index contributed by atoms with van der Waals surface area (Å²) in [6.45, 7) is 3.49. The number of nitrogens with zero attached hydrogens (tertiary/aromatic N) is 4. The molecule has 2 heterocycles. The first kappa shape index (κ1) is 29.2. The van der Waals surface area contributed by atoms with Crippen LogP contribution in [0.4, 0.5) is 22.0 Å². The lowest BCUT2D eigenvalue weighted by Crippen LogP contribution is -2.53. The minimum absolute atomic E-state index is 0.158. The molecule has 1 saturated heterocycles. The van der Waals surface area contributed by atoms with Crippen molar-refractivity contribution in [2.45, 2.75) is 50.4 Å². The van der Waals surface area contributed by atoms with Gasteiger partial charge < -0.3 is 10.2 Å². The quantitative estimate of drug-likeness (QED) is 0.115. The van der Waals surface area contributed by atoms with Gasteiger partial charge in [0, 0.05) is 49.6 Å². The molecule has 0 atom stereocenters. The molecule has 0 unspecified atom stereocenters. The topological polar surface area (TPSA) is 62.5 Å². The number of hydrogen-bond acceptors (Lipinski definition) is 5. The third-order valence-electron chi connectivity index (χ3n) is 7.59. The molecule has 1 spiro atoms. The number of hydrogen-bond donors (Lipinski definition) is 1. The number of benzene rings is 2. The van der Waals surface area contributed by atoms with Gasteiger partial charge in [-0.2, -0.15) is 18.3 Å². The van der Waals surface area contributed by atoms with Crippen LogP contribution >= 0.6 is 11.8 Å². The van der Waals surface area contributed by atoms with E-state index in [2.05, 4.69) is 20.3 Å². The molecule has 6 nitrogen and oxygen atoms in total. The zero-order valence-corrected chi connectivity index (χ0v) is 23.5. The fourth-order valence-electron chi connectivity index (χ4n) is 5.11. The van der Waals surface area contributed by atoms with Gasteiger partial charge in [0.05, 0.1) is 28.7 Å². The lowest BCUT2D eigenvalue weighted by atomic mass is 9.98. The van der Waals surface area contributed by atoms with Gasteiger partial charge >= 0.3 is 6.18 Å². The van der Waals surface area contributed by atoms with Gasteiger partial charge in [0.1, 0.15) is 0 Å². The van der Waals surface area contributed by atoms with Crippen LogP contribution in [0.1, 0.15) is 48.4 Å². The molecular formula is C29H30F5N5OS. The Morgan fingerprint density at radius 3 is 2.61 bits per heavy atom. The van der Waals surface area contributed by atoms with E-state index in [1.165, 1.54) is 29.6 Å². The molecule has 0 bridgehead atoms. The highest BCUT2D eigenvalue weighted by Gasteiger charge is 2.46. The molecule has 41 heavy (non-hydrogen) atoms. The number of rotatable bonds is 7. The van der Waals surface area contributed by atoms with Gasteiger partial charge in [-0.3, -0.25) is 14.5 Å². The maximum Gasteiger partial charge on any atom is 0.416 e. The normalized spacial score (nSPS) is 17.9. The maximum atomic E-state index is 14.1. The first-order valence-corrected chi connectivity index (χ1v) is 14.1. The van der Waals surface area contributed by atoms with E-state index in [1.54, 1.807) is 31.3 Å². The number of aliphatic imine (C=N–C) groups is 1. The standard InChI is InChI=1S/C29H30F5N5OS/c1-3-28(30,31)22-6-5-20(24(14-22)29(32,33)34)16-39-25-7-4-19(12-21(25)15-37-39)13-23(17-40)41-26(35-2)38-11-10-36-27(18-38)8-9-27/h4-7,12-15,17,36H,3,8-11,16,18H2,1-2H3/b23-13-,35-26?. The molecule has 2 aliphatic rings. The largest absolute Gasteiger partial charge is 0.416 e. The fourth-order valence-corrected chi connectivity index (χ4v) is 5.94. The average Bonchev–Trinajstić information content (AvgIpc) is 3.57. The van der Waals surface area contributed by atoms with Crippen molar-refractivity contribution < 1.29 is 26.7 Å². The molecule has 0 amide bonds. The van der Waals surface area contributed by atoms with Crippen molar-refractivity contribution in [2.75, 3.05) is 26.7 Å². The van der Waals surface area contributed by atoms with Crippen LogP contribution in [-0.4, -0.2) is 58.4 Å². The summed E-state index contributed by atoms with van der Waals surface area (Å²) in [6, 6.07) is 7.94. The summed E-state index contributed by atoms with van der Waals surface area (Å²) >= 11 is 1.30. The Balaban J connectivity index is 1.37. The minimum Gasteiger partial charge on any atom is -0.348 e. The van der Waals surface area contributed by atoms with Crippen LogP contribution in [0.15, 0.2) is 52.5 Å². The molecule has 1 aliphatic heterocycles. The van der Waals surface area contributed by atoms with Crippen LogP contribution in [-0.2, 0) is 23.4 Å². The van der Waals surface area contributed by atoms with Gasteiger partial charge in [-0.25, -0.2) is 8.78 Å². The molecule has 1 saturated carbocycles. The Hall–Kier alpha value is -3.25. The Morgan fingerprint density at radius 1 is 1.17 bits per heavy atom. The van der Waals surface area contributed by atoms with Gasteiger partial charge in [0.2, 0.25) is 0 Å². The molecule has 1 N–H and O–H groups in total. The molecule has 1 aromatic heterocycles. The fraction of sp³-hybridized carbons (Fsp3) is 0.414. The monoisotopic (exact) mass is 591 g/mol. The molecule has 218 valence electrons. The van der Waals surface area contributed by atoms with Crippen LogP contribution in [0.2, 0.25) is 0 Å². The SMILES string of the molecule is CCC(F)(F)c1ccc(Cn2ncc3cc(/C=C(/C=O)SC(=NC)N4CCNC5(CC5)C4)ccc32)c(C(F)(F)F)c1. The number of amidine groups is 1. The lowest BCUT2D eigenvalue weighted by molar-refractivity contribution is -0.138. The Bertz CT molecular complexity index is 1510. The molecule has 3 aromatic rings. The van der Waals surface area contributed by atoms with Crippen molar-refractivity contribution >= 4 is 40.2 Å². The van der Waals surface area contributed by atoms with Crippen molar-refractivity contribution in [1.82, 2.24) is 20.0 Å². The summed E-state index contributed by atoms with van der Waals surface area (Å²) in [5.41, 5.74) is -0.470. The van der Waals surface area contributed by atoms with E-state index >= 15 is 0 Å². The van der Waals surface area contributed by atoms with Crippen LogP contribution < -0.4 is 5.32 Å². The Labute approximate surface area is 238 Å². The molecule has 0 radical (unpaired) electrons. The lowest BCUT2D eigenvalue weighted by Gasteiger charge is -2.35. The van der Waals surface area contributed by atoms with E-state index < -0.39 is 29.6 Å². The van der Waals surface area contributed by atoms with Gasteiger partial charge in [0.25, 0.3) is 5.92 Å². The van der Waals surface area contributed by atoms with Crippen molar-refractivity contribution in [3.63, 3.8) is 0 Å². The summed E-state index contributed by atoms with van der Waals surface area (Å²) in [5, 5.41) is 9.25. The second-order valence-corrected chi connectivity index (χ2v) is 11.5. The summed E-state index contributed by atoms with van der Waals surface area (Å²) in [7, 11) is 1.71. The number of aldehydes is 1. The number of carbonyl (C=O) groups excluding carboxylic acids is 1. The molecule has 12 heteroatoms. The number of nitrogens with one attached hydrogen (secondary N) is 1. The summed E-state index contributed by atoms with van der Waals surface area (Å²) in [6.07, 6.45) is 0.912. The number of alkyl halides is 5. The van der Waals surface area contributed by atoms with E-state index in [9.17, 15) is 26.7 Å². The smallest absolute Gasteiger partial charge is 0.348 e. The molecular weight excluding hydrogens is 561 g/mol. The second-order valence-electron chi connectivity index (χ2n) is 10.4. The first-order chi connectivity index (χ1) is 19.5. The summed E-state index contributed by atoms with van der Waals surface area (Å²) in [5.74, 6) is -3.35. The van der Waals surface area contributed by atoms with Crippen molar-refractivity contribution in [3.8, 4) is 0 Å². The summed E-state index contributed by atoms with van der Waals surface area (Å²) < 4.78 is 71.1. The first-order valence-electron chi connectivity index (χ1n) is 13.3. The Kier molecular flexibility index (Phi) is 7.99. The third-order valence-corrected chi connectivity index (χ3v) is 8.67. The van der Waals surface area contributed by atoms with E-state index in [4.69, 9.17) is 0 Å². The third kappa shape index (κ3) is 6.33. The molecule has 5 rings (SSSR count). The number of fused-ring (bicyclic) bond motifs is 1. The van der Waals surface area contributed by atoms with E-state index in [1.807, 2.05) is 0 Å². The second kappa shape index (κ2) is 11.2. The molecule has 1 aliphatic carbocycles. The number of carbonyl (C=O) groups is 1. The van der Waals surface area contributed by atoms with Gasteiger partial charge in [0.15, 0.2) is 11.5 Å². The van der Waals surface area contributed by atoms with Gasteiger partial charge in [-0.05, 0) is 60.0 Å². The number of halogens is 5. The van der Waals surface area contributed by atoms with Crippen LogP contribution in [0.25, 0.3) is 17.0 Å². The maximum absolute atomic E-state index is 14.1. The predicted octanol–water partition coefficient (Wildman–Crippen LogP) is 6.30. The predicted molar refractivity (Wildman–Crippen MR) is 151 cm³/mol. The Morgan fingerprint density at radius 2 is 1.95 bits per heavy atom. The highest BCUT2D eigenvalue weighted by atomic mass is 32.2. The molecule has 2 aromatic carbocycles. The highest BCUT2D eigenvalue weighted by molar-refractivity contribution is 8.17. The number of allylic oxidation sites excluding steroid dienone is 1. The zero-order chi connectivity index (χ0) is 29.4. The van der Waals surface area contributed by atoms with Gasteiger partial charge in [-0.1, -0.05) is 25.1 Å². The molecule has 2 fully saturated rings. The van der Waals surface area contributed by atoms with Crippen molar-refractivity contribution in [3.05, 3.63) is 69.8 Å². The number of piperazine rings is 1. The zero-order valence-electron chi connectivity index (χ0n) is 22.6. The van der Waals surface area contributed by atoms with Crippen molar-refractivity contribution in [1.29, 1.82) is 0 Å². The average molecular weight is 592 g/mol. The number of thioether (sulfide) groups is 1. The summed E-state index contributed by atoms with van der Waals surface area (Å²) in [4.78, 5) is 19.0. The van der Waals surface area contributed by atoms with Crippen molar-refractivity contribution in [2.24, 2.45) is 4.99 Å². The minimum atomic E-state index is -4.80. The van der Waals surface area contributed by atoms with E-state index in [0.29, 0.717) is 21.9 Å². The van der Waals surface area contributed by atoms with Gasteiger partial charge in [-0.15, -0.1) is 0 Å². The number of aromatic nitrogens is 2. The van der Waals surface area contributed by atoms with Crippen LogP contribution in [0, 0.1) is 0 Å². The van der Waals surface area contributed by atoms with Crippen LogP contribution in [0.3, 0.4) is 0 Å².